The lowest BCUT2D eigenvalue weighted by Crippen LogP contribution is -2.66. The first-order chi connectivity index (χ1) is 16.3. The number of carboxylic acid groups (broad SMARTS) is 1. The van der Waals surface area contributed by atoms with Crippen molar-refractivity contribution in [2.45, 2.75) is 53.0 Å². The Bertz CT molecular complexity index is 1080. The molecule has 9 nitrogen and oxygen atoms in total. The first kappa shape index (κ1) is 26.7. The number of hydrazine groups is 1. The molecular formula is C24H31FN4O5S. The second-order valence-electron chi connectivity index (χ2n) is 9.79. The van der Waals surface area contributed by atoms with Crippen molar-refractivity contribution in [2.24, 2.45) is 16.3 Å². The maximum absolute atomic E-state index is 14.0. The number of carboxylic acids is 1. The van der Waals surface area contributed by atoms with Crippen LogP contribution in [0, 0.1) is 17.2 Å². The van der Waals surface area contributed by atoms with Gasteiger partial charge in [-0.15, -0.1) is 0 Å². The molecule has 1 fully saturated rings. The Balaban J connectivity index is 1.85. The third-order valence-corrected chi connectivity index (χ3v) is 7.11. The number of hydrogen-bond acceptors (Lipinski definition) is 7. The Hall–Kier alpha value is -2.92. The molecule has 11 heteroatoms. The highest BCUT2D eigenvalue weighted by Crippen LogP contribution is 2.38. The van der Waals surface area contributed by atoms with Gasteiger partial charge in [0, 0.05) is 24.7 Å². The van der Waals surface area contributed by atoms with Gasteiger partial charge in [0.15, 0.2) is 5.17 Å². The number of carbonyl (C=O) groups is 3. The van der Waals surface area contributed by atoms with Gasteiger partial charge in [-0.25, -0.2) is 19.4 Å². The molecule has 2 aliphatic heterocycles. The molecule has 0 aliphatic carbocycles. The number of aliphatic imine (C=N–C) groups is 1. The third-order valence-electron chi connectivity index (χ3n) is 6.10. The molecule has 1 atom stereocenters. The average Bonchev–Trinajstić information content (AvgIpc) is 3.13. The Morgan fingerprint density at radius 2 is 2.03 bits per heavy atom. The van der Waals surface area contributed by atoms with Crippen LogP contribution >= 0.6 is 11.8 Å². The van der Waals surface area contributed by atoms with E-state index in [0.29, 0.717) is 10.1 Å². The van der Waals surface area contributed by atoms with Gasteiger partial charge in [-0.05, 0) is 54.1 Å². The van der Waals surface area contributed by atoms with Gasteiger partial charge >= 0.3 is 12.1 Å². The van der Waals surface area contributed by atoms with Crippen molar-refractivity contribution in [2.75, 3.05) is 13.1 Å². The molecule has 2 aliphatic rings. The van der Waals surface area contributed by atoms with Gasteiger partial charge in [0.2, 0.25) is 0 Å². The van der Waals surface area contributed by atoms with E-state index < -0.39 is 40.7 Å². The summed E-state index contributed by atoms with van der Waals surface area (Å²) in [5.41, 5.74) is 0.969. The molecule has 190 valence electrons. The number of nitrogens with zero attached hydrogens (tertiary/aromatic N) is 2. The summed E-state index contributed by atoms with van der Waals surface area (Å²) in [4.78, 5) is 42.0. The van der Waals surface area contributed by atoms with Crippen LogP contribution in [0.1, 0.15) is 53.0 Å². The van der Waals surface area contributed by atoms with Crippen LogP contribution in [-0.2, 0) is 9.59 Å². The summed E-state index contributed by atoms with van der Waals surface area (Å²) < 4.78 is 19.4. The summed E-state index contributed by atoms with van der Waals surface area (Å²) >= 11 is 1.17. The van der Waals surface area contributed by atoms with Crippen molar-refractivity contribution in [1.29, 1.82) is 0 Å². The van der Waals surface area contributed by atoms with Crippen molar-refractivity contribution in [3.05, 3.63) is 34.5 Å². The Morgan fingerprint density at radius 3 is 2.60 bits per heavy atom. The highest BCUT2D eigenvalue weighted by atomic mass is 32.2. The van der Waals surface area contributed by atoms with Gasteiger partial charge in [0.1, 0.15) is 17.1 Å². The molecule has 1 aromatic carbocycles. The van der Waals surface area contributed by atoms with E-state index in [1.807, 2.05) is 5.01 Å². The average molecular weight is 507 g/mol. The molecule has 0 spiro atoms. The van der Waals surface area contributed by atoms with Crippen molar-refractivity contribution in [1.82, 2.24) is 15.8 Å². The maximum atomic E-state index is 14.0. The predicted molar refractivity (Wildman–Crippen MR) is 132 cm³/mol. The highest BCUT2D eigenvalue weighted by molar-refractivity contribution is 8.18. The molecule has 1 aromatic rings. The van der Waals surface area contributed by atoms with E-state index in [4.69, 9.17) is 4.74 Å². The van der Waals surface area contributed by atoms with E-state index in [1.54, 1.807) is 34.6 Å². The first-order valence-electron chi connectivity index (χ1n) is 11.4. The van der Waals surface area contributed by atoms with Gasteiger partial charge < -0.3 is 15.2 Å². The van der Waals surface area contributed by atoms with Crippen LogP contribution in [0.3, 0.4) is 0 Å². The summed E-state index contributed by atoms with van der Waals surface area (Å²) in [6.07, 6.45) is 2.46. The first-order valence-corrected chi connectivity index (χ1v) is 12.2. The molecule has 3 N–H and O–H groups in total. The molecule has 2 amide bonds. The van der Waals surface area contributed by atoms with Crippen molar-refractivity contribution < 1.29 is 28.6 Å². The Labute approximate surface area is 208 Å². The van der Waals surface area contributed by atoms with Gasteiger partial charge in [-0.2, -0.15) is 4.99 Å². The molecular weight excluding hydrogens is 475 g/mol. The minimum atomic E-state index is -1.64. The second kappa shape index (κ2) is 10.4. The van der Waals surface area contributed by atoms with Gasteiger partial charge in [0.25, 0.3) is 5.91 Å². The van der Waals surface area contributed by atoms with Crippen LogP contribution < -0.4 is 15.5 Å². The summed E-state index contributed by atoms with van der Waals surface area (Å²) in [6, 6.07) is 3.57. The number of ether oxygens (including phenoxy) is 1. The lowest BCUT2D eigenvalue weighted by atomic mass is 9.67. The quantitative estimate of drug-likeness (QED) is 0.513. The highest BCUT2D eigenvalue weighted by Gasteiger charge is 2.53. The fraction of sp³-hybridized carbons (Fsp3) is 0.500. The van der Waals surface area contributed by atoms with Gasteiger partial charge in [-0.3, -0.25) is 9.80 Å². The molecule has 0 saturated carbocycles. The number of carbonyl (C=O) groups excluding carboxylic acids is 2. The lowest BCUT2D eigenvalue weighted by molar-refractivity contribution is -0.152. The summed E-state index contributed by atoms with van der Waals surface area (Å²) in [5.74, 6) is -2.94. The largest absolute Gasteiger partial charge is 0.479 e. The predicted octanol–water partition coefficient (Wildman–Crippen LogP) is 4.01. The summed E-state index contributed by atoms with van der Waals surface area (Å²) in [6.45, 7) is 10.0. The molecule has 0 unspecified atom stereocenters. The minimum absolute atomic E-state index is 0.148. The number of aliphatic carboxylic acids is 1. The van der Waals surface area contributed by atoms with Crippen LogP contribution in [-0.4, -0.2) is 51.9 Å². The molecule has 35 heavy (non-hydrogen) atoms. The minimum Gasteiger partial charge on any atom is -0.479 e. The van der Waals surface area contributed by atoms with Gasteiger partial charge in [0.05, 0.1) is 4.91 Å². The number of amidine groups is 1. The zero-order chi connectivity index (χ0) is 26.0. The Kier molecular flexibility index (Phi) is 7.90. The summed E-state index contributed by atoms with van der Waals surface area (Å²) in [7, 11) is 0. The lowest BCUT2D eigenvalue weighted by Gasteiger charge is -2.44. The van der Waals surface area contributed by atoms with E-state index in [0.717, 1.165) is 32.0 Å². The Morgan fingerprint density at radius 1 is 1.31 bits per heavy atom. The molecule has 0 radical (unpaired) electrons. The molecule has 0 aromatic heterocycles. The SMILES string of the molecule is CC(C)[C@@](NC(=O)Oc1cc(F)ccc1/C=C1/SC(N2CCCCN2)=NC1=O)(C(=O)O)C(C)(C)C. The van der Waals surface area contributed by atoms with E-state index in [-0.39, 0.29) is 11.3 Å². The van der Waals surface area contributed by atoms with Crippen LogP contribution in [0.15, 0.2) is 28.1 Å². The zero-order valence-corrected chi connectivity index (χ0v) is 21.3. The maximum Gasteiger partial charge on any atom is 0.413 e. The topological polar surface area (TPSA) is 120 Å². The number of thioether (sulfide) groups is 1. The number of nitrogens with one attached hydrogen (secondary N) is 2. The monoisotopic (exact) mass is 506 g/mol. The van der Waals surface area contributed by atoms with Crippen molar-refractivity contribution in [3.63, 3.8) is 0 Å². The van der Waals surface area contributed by atoms with Gasteiger partial charge in [-0.1, -0.05) is 34.6 Å². The summed E-state index contributed by atoms with van der Waals surface area (Å²) in [5, 5.41) is 14.8. The van der Waals surface area contributed by atoms with Crippen LogP contribution in [0.2, 0.25) is 0 Å². The van der Waals surface area contributed by atoms with E-state index in [9.17, 15) is 23.9 Å². The number of hydrogen-bond donors (Lipinski definition) is 3. The smallest absolute Gasteiger partial charge is 0.413 e. The number of rotatable bonds is 5. The normalized spacial score (nSPS) is 19.5. The molecule has 1 saturated heterocycles. The fourth-order valence-corrected chi connectivity index (χ4v) is 5.24. The van der Waals surface area contributed by atoms with Crippen molar-refractivity contribution in [3.8, 4) is 5.75 Å². The van der Waals surface area contributed by atoms with E-state index in [2.05, 4.69) is 15.7 Å². The number of halogens is 1. The second-order valence-corrected chi connectivity index (χ2v) is 10.8. The van der Waals surface area contributed by atoms with Crippen LogP contribution in [0.25, 0.3) is 6.08 Å². The fourth-order valence-electron chi connectivity index (χ4n) is 4.33. The molecule has 3 rings (SSSR count). The standard InChI is InChI=1S/C24H31FN4O5S/c1-14(2)24(20(31)32,23(3,4)5)28-22(33)34-17-13-16(25)9-8-15(17)12-18-19(30)27-21(35-18)29-11-7-6-10-26-29/h8-9,12-14,26H,6-7,10-11H2,1-5H3,(H,28,33)(H,31,32)/b18-12+/t24-/m1/s1. The van der Waals surface area contributed by atoms with Crippen molar-refractivity contribution >= 4 is 41.0 Å². The number of amides is 2. The van der Waals surface area contributed by atoms with E-state index in [1.165, 1.54) is 30.0 Å². The van der Waals surface area contributed by atoms with Crippen LogP contribution in [0.4, 0.5) is 9.18 Å². The molecule has 2 heterocycles. The molecule has 0 bridgehead atoms. The number of benzene rings is 1. The zero-order valence-electron chi connectivity index (χ0n) is 20.5. The van der Waals surface area contributed by atoms with E-state index >= 15 is 0 Å². The van der Waals surface area contributed by atoms with Crippen LogP contribution in [0.5, 0.6) is 5.75 Å². The third kappa shape index (κ3) is 5.67.